The van der Waals surface area contributed by atoms with E-state index in [0.717, 1.165) is 6.54 Å². The second-order valence-electron chi connectivity index (χ2n) is 2.94. The Hall–Kier alpha value is -0.690. The molecule has 1 heterocycles. The molecule has 2 rings (SSSR count). The minimum atomic E-state index is 0.158. The molecule has 0 fully saturated rings. The lowest BCUT2D eigenvalue weighted by atomic mass is 10.1. The normalized spacial score (nSPS) is 21.1. The summed E-state index contributed by atoms with van der Waals surface area (Å²) < 4.78 is 0. The number of alkyl halides is 1. The van der Waals surface area contributed by atoms with Crippen LogP contribution in [0.4, 0.5) is 5.69 Å². The Bertz CT molecular complexity index is 283. The van der Waals surface area contributed by atoms with Gasteiger partial charge in [0.05, 0.1) is 5.38 Å². The van der Waals surface area contributed by atoms with Gasteiger partial charge in [-0.05, 0) is 24.1 Å². The fourth-order valence-corrected chi connectivity index (χ4v) is 1.67. The highest BCUT2D eigenvalue weighted by molar-refractivity contribution is 6.22. The summed E-state index contributed by atoms with van der Waals surface area (Å²) in [6, 6.07) is 6.33. The predicted molar refractivity (Wildman–Crippen MR) is 48.3 cm³/mol. The first-order chi connectivity index (χ1) is 5.27. The molecule has 1 N–H and O–H groups in total. The van der Waals surface area contributed by atoms with Gasteiger partial charge in [0.1, 0.15) is 0 Å². The summed E-state index contributed by atoms with van der Waals surface area (Å²) in [6.07, 6.45) is 0. The minimum absolute atomic E-state index is 0.158. The van der Waals surface area contributed by atoms with Crippen molar-refractivity contribution in [3.05, 3.63) is 29.3 Å². The Morgan fingerprint density at radius 3 is 3.18 bits per heavy atom. The summed E-state index contributed by atoms with van der Waals surface area (Å²) in [6.45, 7) is 2.95. The van der Waals surface area contributed by atoms with Crippen LogP contribution in [-0.2, 0) is 0 Å². The number of anilines is 1. The summed E-state index contributed by atoms with van der Waals surface area (Å²) in [5.74, 6) is 0. The SMILES string of the molecule is Cc1ccc2c(c1)NCC2Cl. The van der Waals surface area contributed by atoms with Crippen LogP contribution >= 0.6 is 11.6 Å². The van der Waals surface area contributed by atoms with Gasteiger partial charge in [0.2, 0.25) is 0 Å². The zero-order chi connectivity index (χ0) is 7.84. The van der Waals surface area contributed by atoms with E-state index in [9.17, 15) is 0 Å². The van der Waals surface area contributed by atoms with Gasteiger partial charge in [0.25, 0.3) is 0 Å². The summed E-state index contributed by atoms with van der Waals surface area (Å²) in [5, 5.41) is 3.42. The van der Waals surface area contributed by atoms with Gasteiger partial charge < -0.3 is 5.32 Å². The second kappa shape index (κ2) is 2.42. The van der Waals surface area contributed by atoms with Crippen molar-refractivity contribution in [3.8, 4) is 0 Å². The van der Waals surface area contributed by atoms with Crippen molar-refractivity contribution < 1.29 is 0 Å². The van der Waals surface area contributed by atoms with Gasteiger partial charge in [-0.25, -0.2) is 0 Å². The first-order valence-corrected chi connectivity index (χ1v) is 4.19. The highest BCUT2D eigenvalue weighted by Gasteiger charge is 2.18. The van der Waals surface area contributed by atoms with E-state index < -0.39 is 0 Å². The number of fused-ring (bicyclic) bond motifs is 1. The zero-order valence-corrected chi connectivity index (χ0v) is 7.15. The van der Waals surface area contributed by atoms with Crippen LogP contribution in [0.25, 0.3) is 0 Å². The third kappa shape index (κ3) is 1.10. The molecule has 0 aromatic heterocycles. The molecule has 2 heteroatoms. The van der Waals surface area contributed by atoms with Crippen LogP contribution < -0.4 is 5.32 Å². The lowest BCUT2D eigenvalue weighted by molar-refractivity contribution is 1.06. The van der Waals surface area contributed by atoms with Crippen LogP contribution in [0.15, 0.2) is 18.2 Å². The number of halogens is 1. The molecule has 0 spiro atoms. The second-order valence-corrected chi connectivity index (χ2v) is 3.47. The molecule has 1 aromatic carbocycles. The molecule has 1 unspecified atom stereocenters. The fourth-order valence-electron chi connectivity index (χ4n) is 1.41. The number of rotatable bonds is 0. The molecule has 1 aliphatic rings. The monoisotopic (exact) mass is 167 g/mol. The van der Waals surface area contributed by atoms with E-state index in [1.165, 1.54) is 16.8 Å². The topological polar surface area (TPSA) is 12.0 Å². The molecule has 11 heavy (non-hydrogen) atoms. The van der Waals surface area contributed by atoms with Crippen LogP contribution in [-0.4, -0.2) is 6.54 Å². The molecule has 0 saturated heterocycles. The van der Waals surface area contributed by atoms with Gasteiger partial charge in [-0.2, -0.15) is 0 Å². The van der Waals surface area contributed by atoms with Crippen LogP contribution in [0.5, 0.6) is 0 Å². The maximum Gasteiger partial charge on any atom is 0.0777 e. The lowest BCUT2D eigenvalue weighted by Gasteiger charge is -2.00. The van der Waals surface area contributed by atoms with Gasteiger partial charge in [-0.3, -0.25) is 0 Å². The van der Waals surface area contributed by atoms with Crippen molar-refractivity contribution in [2.75, 3.05) is 11.9 Å². The third-order valence-electron chi connectivity index (χ3n) is 2.02. The van der Waals surface area contributed by atoms with Crippen molar-refractivity contribution in [1.29, 1.82) is 0 Å². The van der Waals surface area contributed by atoms with Crippen LogP contribution in [0.3, 0.4) is 0 Å². The molecule has 0 aliphatic carbocycles. The average molecular weight is 168 g/mol. The van der Waals surface area contributed by atoms with E-state index in [1.54, 1.807) is 0 Å². The predicted octanol–water partition coefficient (Wildman–Crippen LogP) is 2.70. The van der Waals surface area contributed by atoms with Gasteiger partial charge in [0.15, 0.2) is 0 Å². The van der Waals surface area contributed by atoms with Crippen molar-refractivity contribution in [2.45, 2.75) is 12.3 Å². The summed E-state index contributed by atoms with van der Waals surface area (Å²) >= 11 is 6.03. The zero-order valence-electron chi connectivity index (χ0n) is 6.39. The smallest absolute Gasteiger partial charge is 0.0777 e. The van der Waals surface area contributed by atoms with Crippen molar-refractivity contribution in [3.63, 3.8) is 0 Å². The van der Waals surface area contributed by atoms with Crippen molar-refractivity contribution >= 4 is 17.3 Å². The highest BCUT2D eigenvalue weighted by atomic mass is 35.5. The Morgan fingerprint density at radius 2 is 2.36 bits per heavy atom. The lowest BCUT2D eigenvalue weighted by Crippen LogP contribution is -1.93. The van der Waals surface area contributed by atoms with E-state index in [-0.39, 0.29) is 5.38 Å². The van der Waals surface area contributed by atoms with Crippen LogP contribution in [0.1, 0.15) is 16.5 Å². The standard InChI is InChI=1S/C9H10ClN/c1-6-2-3-7-8(10)5-11-9(7)4-6/h2-4,8,11H,5H2,1H3. The molecule has 1 aromatic rings. The molecule has 0 saturated carbocycles. The molecule has 0 amide bonds. The quantitative estimate of drug-likeness (QED) is 0.586. The number of aryl methyl sites for hydroxylation is 1. The number of hydrogen-bond acceptors (Lipinski definition) is 1. The van der Waals surface area contributed by atoms with Gasteiger partial charge >= 0.3 is 0 Å². The summed E-state index contributed by atoms with van der Waals surface area (Å²) in [5.41, 5.74) is 3.71. The average Bonchev–Trinajstić information content (AvgIpc) is 2.32. The minimum Gasteiger partial charge on any atom is -0.383 e. The van der Waals surface area contributed by atoms with E-state index in [0.29, 0.717) is 0 Å². The van der Waals surface area contributed by atoms with Crippen LogP contribution in [0, 0.1) is 6.92 Å². The van der Waals surface area contributed by atoms with E-state index in [4.69, 9.17) is 11.6 Å². The molecule has 1 atom stereocenters. The highest BCUT2D eigenvalue weighted by Crippen LogP contribution is 2.34. The van der Waals surface area contributed by atoms with Crippen LogP contribution in [0.2, 0.25) is 0 Å². The van der Waals surface area contributed by atoms with Gasteiger partial charge in [-0.1, -0.05) is 12.1 Å². The van der Waals surface area contributed by atoms with E-state index in [2.05, 4.69) is 30.4 Å². The molecule has 1 aliphatic heterocycles. The number of nitrogens with one attached hydrogen (secondary N) is 1. The summed E-state index contributed by atoms with van der Waals surface area (Å²) in [4.78, 5) is 0. The fraction of sp³-hybridized carbons (Fsp3) is 0.333. The largest absolute Gasteiger partial charge is 0.383 e. The molecule has 1 nitrogen and oxygen atoms in total. The molecular weight excluding hydrogens is 158 g/mol. The van der Waals surface area contributed by atoms with Gasteiger partial charge in [-0.15, -0.1) is 11.6 Å². The Labute approximate surface area is 71.4 Å². The van der Waals surface area contributed by atoms with Crippen molar-refractivity contribution in [2.24, 2.45) is 0 Å². The van der Waals surface area contributed by atoms with E-state index in [1.807, 2.05) is 0 Å². The molecular formula is C9H10ClN. The first kappa shape index (κ1) is 6.99. The Morgan fingerprint density at radius 1 is 1.55 bits per heavy atom. The maximum atomic E-state index is 6.03. The molecule has 0 bridgehead atoms. The third-order valence-corrected chi connectivity index (χ3v) is 2.41. The Kier molecular flexibility index (Phi) is 1.53. The number of hydrogen-bond donors (Lipinski definition) is 1. The van der Waals surface area contributed by atoms with Gasteiger partial charge in [0, 0.05) is 12.2 Å². The number of benzene rings is 1. The first-order valence-electron chi connectivity index (χ1n) is 3.76. The molecule has 0 radical (unpaired) electrons. The maximum absolute atomic E-state index is 6.03. The van der Waals surface area contributed by atoms with Crippen molar-refractivity contribution in [1.82, 2.24) is 0 Å². The Balaban J connectivity index is 2.50. The molecule has 58 valence electrons. The summed E-state index contributed by atoms with van der Waals surface area (Å²) in [7, 11) is 0. The van der Waals surface area contributed by atoms with E-state index >= 15 is 0 Å².